The SMILES string of the molecule is NCC(CO)(Cc1ccc(F)cc1)c1ccccc1. The summed E-state index contributed by atoms with van der Waals surface area (Å²) in [6, 6.07) is 16.0. The minimum atomic E-state index is -0.515. The number of hydrogen-bond donors (Lipinski definition) is 2. The molecule has 0 aliphatic heterocycles. The molecule has 0 spiro atoms. The first-order valence-corrected chi connectivity index (χ1v) is 6.31. The van der Waals surface area contributed by atoms with Crippen LogP contribution in [-0.2, 0) is 11.8 Å². The Bertz CT molecular complexity index is 506. The third-order valence-electron chi connectivity index (χ3n) is 3.54. The highest BCUT2D eigenvalue weighted by molar-refractivity contribution is 5.30. The molecule has 3 N–H and O–H groups in total. The smallest absolute Gasteiger partial charge is 0.123 e. The molecule has 0 heterocycles. The average molecular weight is 259 g/mol. The topological polar surface area (TPSA) is 46.2 Å². The molecule has 1 atom stereocenters. The quantitative estimate of drug-likeness (QED) is 0.865. The molecule has 2 aromatic rings. The van der Waals surface area contributed by atoms with Gasteiger partial charge in [-0.3, -0.25) is 0 Å². The maximum Gasteiger partial charge on any atom is 0.123 e. The van der Waals surface area contributed by atoms with E-state index in [4.69, 9.17) is 5.73 Å². The van der Waals surface area contributed by atoms with Crippen molar-refractivity contribution in [1.29, 1.82) is 0 Å². The highest BCUT2D eigenvalue weighted by Crippen LogP contribution is 2.27. The molecule has 0 radical (unpaired) electrons. The van der Waals surface area contributed by atoms with Crippen molar-refractivity contribution in [1.82, 2.24) is 0 Å². The van der Waals surface area contributed by atoms with Crippen LogP contribution in [0.2, 0.25) is 0 Å². The first kappa shape index (κ1) is 13.7. The van der Waals surface area contributed by atoms with Crippen molar-refractivity contribution in [2.75, 3.05) is 13.2 Å². The Morgan fingerprint density at radius 2 is 1.63 bits per heavy atom. The highest BCUT2D eigenvalue weighted by Gasteiger charge is 2.30. The van der Waals surface area contributed by atoms with Crippen molar-refractivity contribution in [3.05, 3.63) is 71.5 Å². The molecule has 0 saturated heterocycles. The van der Waals surface area contributed by atoms with Gasteiger partial charge in [0, 0.05) is 12.0 Å². The Labute approximate surface area is 112 Å². The lowest BCUT2D eigenvalue weighted by Crippen LogP contribution is -2.41. The van der Waals surface area contributed by atoms with Gasteiger partial charge in [-0.1, -0.05) is 42.5 Å². The molecule has 0 aromatic heterocycles. The van der Waals surface area contributed by atoms with E-state index in [1.165, 1.54) is 12.1 Å². The van der Waals surface area contributed by atoms with Crippen molar-refractivity contribution in [2.45, 2.75) is 11.8 Å². The monoisotopic (exact) mass is 259 g/mol. The van der Waals surface area contributed by atoms with E-state index in [0.29, 0.717) is 13.0 Å². The van der Waals surface area contributed by atoms with Crippen molar-refractivity contribution < 1.29 is 9.50 Å². The molecule has 0 bridgehead atoms. The number of aliphatic hydroxyl groups is 1. The Morgan fingerprint density at radius 3 is 2.16 bits per heavy atom. The molecule has 100 valence electrons. The molecule has 0 aliphatic rings. The minimum Gasteiger partial charge on any atom is -0.395 e. The van der Waals surface area contributed by atoms with Gasteiger partial charge in [0.05, 0.1) is 6.61 Å². The van der Waals surface area contributed by atoms with E-state index in [1.54, 1.807) is 12.1 Å². The first-order chi connectivity index (χ1) is 9.20. The van der Waals surface area contributed by atoms with E-state index in [0.717, 1.165) is 11.1 Å². The zero-order chi connectivity index (χ0) is 13.7. The van der Waals surface area contributed by atoms with Gasteiger partial charge < -0.3 is 10.8 Å². The lowest BCUT2D eigenvalue weighted by Gasteiger charge is -2.31. The molecule has 2 aromatic carbocycles. The Kier molecular flexibility index (Phi) is 4.30. The summed E-state index contributed by atoms with van der Waals surface area (Å²) in [6.45, 7) is 0.301. The number of rotatable bonds is 5. The van der Waals surface area contributed by atoms with Gasteiger partial charge in [0.2, 0.25) is 0 Å². The second-order valence-corrected chi connectivity index (χ2v) is 4.81. The van der Waals surface area contributed by atoms with Crippen LogP contribution in [0.3, 0.4) is 0 Å². The number of nitrogens with two attached hydrogens (primary N) is 1. The summed E-state index contributed by atoms with van der Waals surface area (Å²) < 4.78 is 12.9. The van der Waals surface area contributed by atoms with Crippen LogP contribution in [0, 0.1) is 5.82 Å². The lowest BCUT2D eigenvalue weighted by molar-refractivity contribution is 0.196. The summed E-state index contributed by atoms with van der Waals surface area (Å²) in [5.41, 5.74) is 7.35. The second-order valence-electron chi connectivity index (χ2n) is 4.81. The van der Waals surface area contributed by atoms with Gasteiger partial charge in [-0.2, -0.15) is 0 Å². The Hall–Kier alpha value is -1.71. The molecule has 2 rings (SSSR count). The van der Waals surface area contributed by atoms with Gasteiger partial charge in [-0.25, -0.2) is 4.39 Å². The normalized spacial score (nSPS) is 14.1. The van der Waals surface area contributed by atoms with Crippen LogP contribution in [0.5, 0.6) is 0 Å². The molecule has 0 fully saturated rings. The Morgan fingerprint density at radius 1 is 1.00 bits per heavy atom. The maximum absolute atomic E-state index is 12.9. The summed E-state index contributed by atoms with van der Waals surface area (Å²) in [6.07, 6.45) is 0.588. The standard InChI is InChI=1S/C16H18FNO/c17-15-8-6-13(7-9-15)10-16(11-18,12-19)14-4-2-1-3-5-14/h1-9,19H,10-12,18H2. The van der Waals surface area contributed by atoms with Crippen LogP contribution in [0.4, 0.5) is 4.39 Å². The van der Waals surface area contributed by atoms with E-state index >= 15 is 0 Å². The average Bonchev–Trinajstić information content (AvgIpc) is 2.48. The lowest BCUT2D eigenvalue weighted by atomic mass is 9.76. The first-order valence-electron chi connectivity index (χ1n) is 6.31. The molecule has 3 heteroatoms. The van der Waals surface area contributed by atoms with Crippen LogP contribution in [0.1, 0.15) is 11.1 Å². The van der Waals surface area contributed by atoms with Crippen LogP contribution in [-0.4, -0.2) is 18.3 Å². The summed E-state index contributed by atoms with van der Waals surface area (Å²) >= 11 is 0. The molecule has 0 aliphatic carbocycles. The van der Waals surface area contributed by atoms with Crippen molar-refractivity contribution in [3.8, 4) is 0 Å². The Balaban J connectivity index is 2.32. The van der Waals surface area contributed by atoms with Crippen molar-refractivity contribution in [3.63, 3.8) is 0 Å². The largest absolute Gasteiger partial charge is 0.395 e. The predicted molar refractivity (Wildman–Crippen MR) is 74.4 cm³/mol. The highest BCUT2D eigenvalue weighted by atomic mass is 19.1. The van der Waals surface area contributed by atoms with Crippen LogP contribution in [0.15, 0.2) is 54.6 Å². The van der Waals surface area contributed by atoms with Crippen molar-refractivity contribution in [2.24, 2.45) is 5.73 Å². The van der Waals surface area contributed by atoms with Gasteiger partial charge in [0.15, 0.2) is 0 Å². The fraction of sp³-hybridized carbons (Fsp3) is 0.250. The van der Waals surface area contributed by atoms with Crippen LogP contribution >= 0.6 is 0 Å². The summed E-state index contributed by atoms with van der Waals surface area (Å²) in [7, 11) is 0. The summed E-state index contributed by atoms with van der Waals surface area (Å²) in [5.74, 6) is -0.259. The predicted octanol–water partition coefficient (Wildman–Crippen LogP) is 2.26. The molecule has 1 unspecified atom stereocenters. The van der Waals surface area contributed by atoms with E-state index in [-0.39, 0.29) is 12.4 Å². The van der Waals surface area contributed by atoms with Crippen LogP contribution in [0.25, 0.3) is 0 Å². The van der Waals surface area contributed by atoms with E-state index in [9.17, 15) is 9.50 Å². The zero-order valence-electron chi connectivity index (χ0n) is 10.7. The fourth-order valence-electron chi connectivity index (χ4n) is 2.29. The number of aliphatic hydroxyl groups excluding tert-OH is 1. The minimum absolute atomic E-state index is 0.0368. The molecule has 19 heavy (non-hydrogen) atoms. The van der Waals surface area contributed by atoms with Gasteiger partial charge in [-0.05, 0) is 29.7 Å². The molecular formula is C16H18FNO. The second kappa shape index (κ2) is 5.95. The maximum atomic E-state index is 12.9. The van der Waals surface area contributed by atoms with E-state index in [1.807, 2.05) is 30.3 Å². The van der Waals surface area contributed by atoms with Gasteiger partial charge in [0.25, 0.3) is 0 Å². The van der Waals surface area contributed by atoms with Gasteiger partial charge in [-0.15, -0.1) is 0 Å². The van der Waals surface area contributed by atoms with E-state index in [2.05, 4.69) is 0 Å². The molecular weight excluding hydrogens is 241 g/mol. The van der Waals surface area contributed by atoms with E-state index < -0.39 is 5.41 Å². The summed E-state index contributed by atoms with van der Waals surface area (Å²) in [4.78, 5) is 0. The molecule has 0 amide bonds. The van der Waals surface area contributed by atoms with Crippen molar-refractivity contribution >= 4 is 0 Å². The number of hydrogen-bond acceptors (Lipinski definition) is 2. The zero-order valence-corrected chi connectivity index (χ0v) is 10.7. The number of halogens is 1. The molecule has 2 nitrogen and oxygen atoms in total. The van der Waals surface area contributed by atoms with Gasteiger partial charge in [0.1, 0.15) is 5.82 Å². The van der Waals surface area contributed by atoms with Gasteiger partial charge >= 0.3 is 0 Å². The van der Waals surface area contributed by atoms with Crippen LogP contribution < -0.4 is 5.73 Å². The fourth-order valence-corrected chi connectivity index (χ4v) is 2.29. The molecule has 0 saturated carbocycles. The summed E-state index contributed by atoms with van der Waals surface area (Å²) in [5, 5.41) is 9.79. The number of benzene rings is 2. The third-order valence-corrected chi connectivity index (χ3v) is 3.54. The third kappa shape index (κ3) is 3.00.